The summed E-state index contributed by atoms with van der Waals surface area (Å²) in [5, 5.41) is 0. The van der Waals surface area contributed by atoms with E-state index in [4.69, 9.17) is 4.84 Å². The highest BCUT2D eigenvalue weighted by atomic mass is 32.2. The van der Waals surface area contributed by atoms with Gasteiger partial charge in [0, 0.05) is 13.6 Å². The van der Waals surface area contributed by atoms with Gasteiger partial charge in [-0.05, 0) is 17.7 Å². The van der Waals surface area contributed by atoms with Crippen LogP contribution >= 0.6 is 0 Å². The van der Waals surface area contributed by atoms with Gasteiger partial charge in [-0.3, -0.25) is 4.31 Å². The van der Waals surface area contributed by atoms with Gasteiger partial charge < -0.3 is 4.84 Å². The van der Waals surface area contributed by atoms with Crippen LogP contribution in [0, 0.1) is 0 Å². The van der Waals surface area contributed by atoms with Crippen LogP contribution in [0.3, 0.4) is 0 Å². The minimum absolute atomic E-state index is 0.530. The standard InChI is InChI=1S/C10H16N2O3S/c1-12(16(3,13)14)10-6-4-5-9(7-10)8-11-15-2/h4-7,11H,8H2,1-3H3. The number of sulfonamides is 1. The van der Waals surface area contributed by atoms with E-state index in [0.29, 0.717) is 12.2 Å². The molecule has 0 aliphatic rings. The topological polar surface area (TPSA) is 58.6 Å². The Morgan fingerprint density at radius 3 is 2.69 bits per heavy atom. The first-order valence-electron chi connectivity index (χ1n) is 4.74. The summed E-state index contributed by atoms with van der Waals surface area (Å²) in [6.07, 6.45) is 1.17. The fraction of sp³-hybridized carbons (Fsp3) is 0.400. The number of anilines is 1. The fourth-order valence-electron chi connectivity index (χ4n) is 1.21. The van der Waals surface area contributed by atoms with E-state index in [1.165, 1.54) is 24.7 Å². The predicted octanol–water partition coefficient (Wildman–Crippen LogP) is 0.733. The first-order chi connectivity index (χ1) is 7.45. The number of hydroxylamine groups is 1. The second-order valence-electron chi connectivity index (χ2n) is 3.43. The Bertz CT molecular complexity index is 445. The third-order valence-electron chi connectivity index (χ3n) is 2.19. The van der Waals surface area contributed by atoms with Gasteiger partial charge >= 0.3 is 0 Å². The van der Waals surface area contributed by atoms with E-state index in [1.54, 1.807) is 12.1 Å². The molecule has 0 aliphatic heterocycles. The van der Waals surface area contributed by atoms with Crippen LogP contribution in [0.4, 0.5) is 5.69 Å². The van der Waals surface area contributed by atoms with Gasteiger partial charge in [-0.2, -0.15) is 5.48 Å². The first kappa shape index (κ1) is 13.0. The maximum absolute atomic E-state index is 11.3. The van der Waals surface area contributed by atoms with Crippen LogP contribution in [0.2, 0.25) is 0 Å². The molecule has 90 valence electrons. The van der Waals surface area contributed by atoms with E-state index in [0.717, 1.165) is 5.56 Å². The number of rotatable bonds is 5. The summed E-state index contributed by atoms with van der Waals surface area (Å²) in [4.78, 5) is 4.73. The summed E-state index contributed by atoms with van der Waals surface area (Å²) in [6, 6.07) is 7.25. The van der Waals surface area contributed by atoms with Crippen molar-refractivity contribution in [3.05, 3.63) is 29.8 Å². The number of hydrogen-bond acceptors (Lipinski definition) is 4. The van der Waals surface area contributed by atoms with Crippen molar-refractivity contribution in [2.24, 2.45) is 0 Å². The molecule has 0 saturated heterocycles. The SMILES string of the molecule is CONCc1cccc(N(C)S(C)(=O)=O)c1. The molecule has 0 unspecified atom stereocenters. The van der Waals surface area contributed by atoms with Crippen LogP contribution in [0.15, 0.2) is 24.3 Å². The van der Waals surface area contributed by atoms with Crippen LogP contribution in [-0.2, 0) is 21.4 Å². The van der Waals surface area contributed by atoms with Crippen LogP contribution in [0.25, 0.3) is 0 Å². The molecule has 1 aromatic rings. The van der Waals surface area contributed by atoms with Crippen molar-refractivity contribution in [1.82, 2.24) is 5.48 Å². The maximum atomic E-state index is 11.3. The summed E-state index contributed by atoms with van der Waals surface area (Å²) in [5.41, 5.74) is 4.29. The van der Waals surface area contributed by atoms with Crippen LogP contribution in [0.1, 0.15) is 5.56 Å². The van der Waals surface area contributed by atoms with Gasteiger partial charge in [-0.15, -0.1) is 0 Å². The summed E-state index contributed by atoms with van der Waals surface area (Å²) in [6.45, 7) is 0.530. The zero-order chi connectivity index (χ0) is 12.2. The second kappa shape index (κ2) is 5.29. The predicted molar refractivity (Wildman–Crippen MR) is 63.5 cm³/mol. The molecule has 16 heavy (non-hydrogen) atoms. The molecule has 0 radical (unpaired) electrons. The molecule has 0 atom stereocenters. The van der Waals surface area contributed by atoms with E-state index in [-0.39, 0.29) is 0 Å². The molecule has 0 amide bonds. The van der Waals surface area contributed by atoms with Crippen molar-refractivity contribution in [3.63, 3.8) is 0 Å². The highest BCUT2D eigenvalue weighted by Crippen LogP contribution is 2.17. The van der Waals surface area contributed by atoms with Gasteiger partial charge in [-0.25, -0.2) is 8.42 Å². The lowest BCUT2D eigenvalue weighted by atomic mass is 10.2. The minimum Gasteiger partial charge on any atom is -0.305 e. The molecule has 1 N–H and O–H groups in total. The molecule has 1 aromatic carbocycles. The summed E-state index contributed by atoms with van der Waals surface area (Å²) < 4.78 is 23.9. The van der Waals surface area contributed by atoms with Gasteiger partial charge in [0.1, 0.15) is 0 Å². The largest absolute Gasteiger partial charge is 0.305 e. The lowest BCUT2D eigenvalue weighted by molar-refractivity contribution is 0.0867. The summed E-state index contributed by atoms with van der Waals surface area (Å²) in [7, 11) is -0.151. The molecule has 0 fully saturated rings. The van der Waals surface area contributed by atoms with Crippen LogP contribution in [0.5, 0.6) is 0 Å². The Hall–Kier alpha value is -1.11. The third-order valence-corrected chi connectivity index (χ3v) is 3.40. The highest BCUT2D eigenvalue weighted by Gasteiger charge is 2.11. The van der Waals surface area contributed by atoms with Gasteiger partial charge in [-0.1, -0.05) is 12.1 Å². The molecule has 1 rings (SSSR count). The number of nitrogens with zero attached hydrogens (tertiary/aromatic N) is 1. The summed E-state index contributed by atoms with van der Waals surface area (Å²) >= 11 is 0. The Kier molecular flexibility index (Phi) is 4.28. The fourth-order valence-corrected chi connectivity index (χ4v) is 1.71. The van der Waals surface area contributed by atoms with Gasteiger partial charge in [0.15, 0.2) is 0 Å². The molecular formula is C10H16N2O3S. The van der Waals surface area contributed by atoms with Crippen molar-refractivity contribution in [2.45, 2.75) is 6.54 Å². The Balaban J connectivity index is 2.90. The Morgan fingerprint density at radius 1 is 1.44 bits per heavy atom. The average Bonchev–Trinajstić information content (AvgIpc) is 2.24. The number of nitrogens with one attached hydrogen (secondary N) is 1. The molecule has 0 aromatic heterocycles. The summed E-state index contributed by atoms with van der Waals surface area (Å²) in [5.74, 6) is 0. The van der Waals surface area contributed by atoms with Crippen molar-refractivity contribution < 1.29 is 13.3 Å². The molecule has 0 heterocycles. The number of benzene rings is 1. The third kappa shape index (κ3) is 3.48. The zero-order valence-electron chi connectivity index (χ0n) is 9.60. The van der Waals surface area contributed by atoms with E-state index < -0.39 is 10.0 Å². The van der Waals surface area contributed by atoms with Crippen LogP contribution in [-0.4, -0.2) is 28.8 Å². The molecule has 0 saturated carbocycles. The Labute approximate surface area is 96.0 Å². The quantitative estimate of drug-likeness (QED) is 0.776. The van der Waals surface area contributed by atoms with E-state index in [9.17, 15) is 8.42 Å². The zero-order valence-corrected chi connectivity index (χ0v) is 10.4. The monoisotopic (exact) mass is 244 g/mol. The first-order valence-corrected chi connectivity index (χ1v) is 6.58. The lowest BCUT2D eigenvalue weighted by Gasteiger charge is -2.17. The van der Waals surface area contributed by atoms with Crippen molar-refractivity contribution in [2.75, 3.05) is 24.7 Å². The lowest BCUT2D eigenvalue weighted by Crippen LogP contribution is -2.25. The van der Waals surface area contributed by atoms with E-state index in [1.807, 2.05) is 12.1 Å². The average molecular weight is 244 g/mol. The minimum atomic E-state index is -3.21. The highest BCUT2D eigenvalue weighted by molar-refractivity contribution is 7.92. The number of hydrogen-bond donors (Lipinski definition) is 1. The molecule has 6 heteroatoms. The Morgan fingerprint density at radius 2 is 2.12 bits per heavy atom. The van der Waals surface area contributed by atoms with Gasteiger partial charge in [0.05, 0.1) is 19.1 Å². The van der Waals surface area contributed by atoms with Gasteiger partial charge in [0.25, 0.3) is 0 Å². The van der Waals surface area contributed by atoms with E-state index in [2.05, 4.69) is 5.48 Å². The molecule has 0 aliphatic carbocycles. The molecule has 0 spiro atoms. The molecule has 5 nitrogen and oxygen atoms in total. The smallest absolute Gasteiger partial charge is 0.231 e. The van der Waals surface area contributed by atoms with Crippen molar-refractivity contribution >= 4 is 15.7 Å². The van der Waals surface area contributed by atoms with Crippen molar-refractivity contribution in [3.8, 4) is 0 Å². The van der Waals surface area contributed by atoms with Crippen LogP contribution < -0.4 is 9.79 Å². The molecule has 0 bridgehead atoms. The van der Waals surface area contributed by atoms with Gasteiger partial charge in [0.2, 0.25) is 10.0 Å². The maximum Gasteiger partial charge on any atom is 0.231 e. The molecular weight excluding hydrogens is 228 g/mol. The second-order valence-corrected chi connectivity index (χ2v) is 5.44. The normalized spacial score (nSPS) is 11.4. The van der Waals surface area contributed by atoms with Crippen molar-refractivity contribution in [1.29, 1.82) is 0 Å². The van der Waals surface area contributed by atoms with E-state index >= 15 is 0 Å².